The molecule has 1 amide bonds. The van der Waals surface area contributed by atoms with Gasteiger partial charge < -0.3 is 14.4 Å². The van der Waals surface area contributed by atoms with Crippen molar-refractivity contribution in [3.8, 4) is 0 Å². The van der Waals surface area contributed by atoms with Crippen LogP contribution in [-0.4, -0.2) is 62.0 Å². The molecule has 3 heterocycles. The van der Waals surface area contributed by atoms with Crippen LogP contribution in [0.2, 0.25) is 0 Å². The quantitative estimate of drug-likeness (QED) is 0.817. The Labute approximate surface area is 145 Å². The van der Waals surface area contributed by atoms with Crippen LogP contribution < -0.4 is 0 Å². The van der Waals surface area contributed by atoms with Crippen LogP contribution in [0.15, 0.2) is 30.9 Å². The van der Waals surface area contributed by atoms with Gasteiger partial charge in [0.1, 0.15) is 12.4 Å². The largest absolute Gasteiger partial charge is 0.374 e. The summed E-state index contributed by atoms with van der Waals surface area (Å²) in [6.07, 6.45) is 6.70. The molecule has 0 N–H and O–H groups in total. The van der Waals surface area contributed by atoms with Gasteiger partial charge in [-0.25, -0.2) is 4.98 Å². The summed E-state index contributed by atoms with van der Waals surface area (Å²) in [5.41, 5.74) is 1.01. The van der Waals surface area contributed by atoms with E-state index in [1.165, 1.54) is 11.0 Å². The number of amides is 1. The normalized spacial score (nSPS) is 25.8. The van der Waals surface area contributed by atoms with E-state index in [9.17, 15) is 4.79 Å². The number of carbonyl (C=O) groups excluding carboxylic acids is 1. The van der Waals surface area contributed by atoms with Gasteiger partial charge in [0.05, 0.1) is 25.4 Å². The first-order valence-electron chi connectivity index (χ1n) is 8.51. The lowest BCUT2D eigenvalue weighted by Crippen LogP contribution is -2.46. The Kier molecular flexibility index (Phi) is 4.46. The number of ether oxygens (including phenoxy) is 2. The molecule has 2 fully saturated rings. The van der Waals surface area contributed by atoms with Gasteiger partial charge in [-0.1, -0.05) is 6.07 Å². The van der Waals surface area contributed by atoms with Gasteiger partial charge in [0.15, 0.2) is 0 Å². The van der Waals surface area contributed by atoms with Gasteiger partial charge in [0.25, 0.3) is 5.91 Å². The number of aryl methyl sites for hydroxylation is 1. The molecule has 0 unspecified atom stereocenters. The zero-order chi connectivity index (χ0) is 17.2. The van der Waals surface area contributed by atoms with Crippen molar-refractivity contribution in [2.24, 2.45) is 7.05 Å². The molecular formula is C17H21N5O3. The molecule has 1 saturated carbocycles. The van der Waals surface area contributed by atoms with Crippen molar-refractivity contribution < 1.29 is 14.3 Å². The van der Waals surface area contributed by atoms with E-state index in [1.54, 1.807) is 19.4 Å². The predicted octanol–water partition coefficient (Wildman–Crippen LogP) is 0.799. The average molecular weight is 343 g/mol. The van der Waals surface area contributed by atoms with Gasteiger partial charge >= 0.3 is 0 Å². The van der Waals surface area contributed by atoms with Crippen molar-refractivity contribution in [2.75, 3.05) is 13.2 Å². The van der Waals surface area contributed by atoms with Crippen LogP contribution in [0, 0.1) is 0 Å². The summed E-state index contributed by atoms with van der Waals surface area (Å²) in [5.74, 6) is 0.0607. The Balaban J connectivity index is 1.50. The summed E-state index contributed by atoms with van der Waals surface area (Å²) in [6.45, 7) is 1.50. The second-order valence-electron chi connectivity index (χ2n) is 6.43. The van der Waals surface area contributed by atoms with Crippen molar-refractivity contribution >= 4 is 5.91 Å². The molecule has 8 nitrogen and oxygen atoms in total. The van der Waals surface area contributed by atoms with Crippen molar-refractivity contribution in [2.45, 2.75) is 37.7 Å². The van der Waals surface area contributed by atoms with Gasteiger partial charge in [-0.2, -0.15) is 0 Å². The molecule has 4 rings (SSSR count). The Morgan fingerprint density at radius 3 is 3.12 bits per heavy atom. The minimum absolute atomic E-state index is 0.0134. The van der Waals surface area contributed by atoms with Crippen molar-refractivity contribution in [3.05, 3.63) is 42.2 Å². The molecule has 1 saturated heterocycles. The van der Waals surface area contributed by atoms with Crippen LogP contribution >= 0.6 is 0 Å². The van der Waals surface area contributed by atoms with Crippen LogP contribution in [-0.2, 0) is 23.1 Å². The molecule has 3 atom stereocenters. The number of hydrogen-bond donors (Lipinski definition) is 0. The first kappa shape index (κ1) is 16.2. The number of hydrogen-bond acceptors (Lipinski definition) is 6. The SMILES string of the molecule is Cn1cnc(C(=O)N2CCO[C@H]3CC[C@H]2[C@H]3OCc2cccnc2)n1. The highest BCUT2D eigenvalue weighted by molar-refractivity contribution is 5.90. The smallest absolute Gasteiger partial charge is 0.293 e. The maximum absolute atomic E-state index is 12.8. The summed E-state index contributed by atoms with van der Waals surface area (Å²) in [7, 11) is 1.75. The monoisotopic (exact) mass is 343 g/mol. The lowest BCUT2D eigenvalue weighted by Gasteiger charge is -2.30. The van der Waals surface area contributed by atoms with Crippen molar-refractivity contribution in [3.63, 3.8) is 0 Å². The summed E-state index contributed by atoms with van der Waals surface area (Å²) >= 11 is 0. The van der Waals surface area contributed by atoms with Crippen LogP contribution in [0.4, 0.5) is 0 Å². The molecule has 25 heavy (non-hydrogen) atoms. The maximum Gasteiger partial charge on any atom is 0.293 e. The van der Waals surface area contributed by atoms with Gasteiger partial charge in [-0.05, 0) is 24.5 Å². The standard InChI is InChI=1S/C17H21N5O3/c1-21-11-19-16(20-21)17(23)22-7-8-24-14-5-4-13(22)15(14)25-10-12-3-2-6-18-9-12/h2-3,6,9,11,13-15H,4-5,7-8,10H2,1H3/t13-,14-,15+/m0/s1. The lowest BCUT2D eigenvalue weighted by molar-refractivity contribution is -0.0598. The van der Waals surface area contributed by atoms with E-state index < -0.39 is 0 Å². The van der Waals surface area contributed by atoms with E-state index in [2.05, 4.69) is 15.1 Å². The lowest BCUT2D eigenvalue weighted by atomic mass is 10.1. The summed E-state index contributed by atoms with van der Waals surface area (Å²) < 4.78 is 13.6. The number of fused-ring (bicyclic) bond motifs is 2. The summed E-state index contributed by atoms with van der Waals surface area (Å²) in [6, 6.07) is 3.85. The third kappa shape index (κ3) is 3.27. The van der Waals surface area contributed by atoms with Gasteiger partial charge in [0, 0.05) is 26.0 Å². The molecule has 0 spiro atoms. The highest BCUT2D eigenvalue weighted by Gasteiger charge is 2.45. The Hall–Kier alpha value is -2.32. The summed E-state index contributed by atoms with van der Waals surface area (Å²) in [4.78, 5) is 22.9. The Morgan fingerprint density at radius 1 is 1.44 bits per heavy atom. The van der Waals surface area contributed by atoms with E-state index in [4.69, 9.17) is 9.47 Å². The van der Waals surface area contributed by atoms with Crippen molar-refractivity contribution in [1.29, 1.82) is 0 Å². The van der Waals surface area contributed by atoms with Crippen LogP contribution in [0.5, 0.6) is 0 Å². The van der Waals surface area contributed by atoms with Gasteiger partial charge in [0.2, 0.25) is 5.82 Å². The van der Waals surface area contributed by atoms with Gasteiger partial charge in [-0.3, -0.25) is 14.5 Å². The van der Waals surface area contributed by atoms with Crippen molar-refractivity contribution in [1.82, 2.24) is 24.6 Å². The fourth-order valence-corrected chi connectivity index (χ4v) is 3.60. The fourth-order valence-electron chi connectivity index (χ4n) is 3.60. The molecule has 0 radical (unpaired) electrons. The number of pyridine rings is 1. The molecule has 2 bridgehead atoms. The number of nitrogens with zero attached hydrogens (tertiary/aromatic N) is 5. The molecule has 2 aromatic heterocycles. The molecule has 132 valence electrons. The van der Waals surface area contributed by atoms with Gasteiger partial charge in [-0.15, -0.1) is 5.10 Å². The first-order valence-corrected chi connectivity index (χ1v) is 8.51. The fraction of sp³-hybridized carbons (Fsp3) is 0.529. The summed E-state index contributed by atoms with van der Waals surface area (Å²) in [5, 5.41) is 4.14. The first-order chi connectivity index (χ1) is 12.2. The highest BCUT2D eigenvalue weighted by Crippen LogP contribution is 2.33. The molecular weight excluding hydrogens is 322 g/mol. The third-order valence-electron chi connectivity index (χ3n) is 4.77. The molecule has 1 aliphatic carbocycles. The second kappa shape index (κ2) is 6.89. The minimum atomic E-state index is -0.160. The maximum atomic E-state index is 12.8. The minimum Gasteiger partial charge on any atom is -0.374 e. The van der Waals surface area contributed by atoms with Crippen LogP contribution in [0.3, 0.4) is 0 Å². The third-order valence-corrected chi connectivity index (χ3v) is 4.77. The topological polar surface area (TPSA) is 82.4 Å². The van der Waals surface area contributed by atoms with Crippen LogP contribution in [0.1, 0.15) is 29.0 Å². The van der Waals surface area contributed by atoms with E-state index in [1.807, 2.05) is 17.0 Å². The second-order valence-corrected chi connectivity index (χ2v) is 6.43. The zero-order valence-corrected chi connectivity index (χ0v) is 14.1. The van der Waals surface area contributed by atoms with E-state index in [0.29, 0.717) is 19.8 Å². The number of rotatable bonds is 4. The van der Waals surface area contributed by atoms with E-state index in [0.717, 1.165) is 18.4 Å². The van der Waals surface area contributed by atoms with E-state index in [-0.39, 0.29) is 30.0 Å². The molecule has 1 aliphatic heterocycles. The Morgan fingerprint density at radius 2 is 2.36 bits per heavy atom. The molecule has 2 aliphatic rings. The molecule has 0 aromatic carbocycles. The number of carbonyl (C=O) groups is 1. The zero-order valence-electron chi connectivity index (χ0n) is 14.1. The predicted molar refractivity (Wildman–Crippen MR) is 87.6 cm³/mol. The Bertz CT molecular complexity index is 735. The van der Waals surface area contributed by atoms with Crippen LogP contribution in [0.25, 0.3) is 0 Å². The number of aromatic nitrogens is 4. The molecule has 8 heteroatoms. The highest BCUT2D eigenvalue weighted by atomic mass is 16.5. The molecule has 2 aromatic rings. The average Bonchev–Trinajstić information content (AvgIpc) is 3.17. The van der Waals surface area contributed by atoms with E-state index >= 15 is 0 Å².